The van der Waals surface area contributed by atoms with Crippen LogP contribution in [0.5, 0.6) is 0 Å². The van der Waals surface area contributed by atoms with Crippen LogP contribution in [0.25, 0.3) is 11.0 Å². The van der Waals surface area contributed by atoms with Crippen LogP contribution in [0, 0.1) is 12.3 Å². The molecule has 0 saturated carbocycles. The van der Waals surface area contributed by atoms with Crippen molar-refractivity contribution < 1.29 is 9.90 Å². The zero-order valence-corrected chi connectivity index (χ0v) is 12.1. The first kappa shape index (κ1) is 13.6. The minimum atomic E-state index is -0.909. The minimum absolute atomic E-state index is 0.0318. The molecule has 0 radical (unpaired) electrons. The van der Waals surface area contributed by atoms with Gasteiger partial charge in [0.15, 0.2) is 0 Å². The molecule has 1 atom stereocenters. The number of para-hydroxylation sites is 1. The molecular formula is C15H20N2O2. The Labute approximate surface area is 113 Å². The second-order valence-electron chi connectivity index (χ2n) is 6.05. The van der Waals surface area contributed by atoms with Gasteiger partial charge in [0.1, 0.15) is 5.82 Å². The third kappa shape index (κ3) is 2.23. The zero-order chi connectivity index (χ0) is 14.4. The Morgan fingerprint density at radius 2 is 2.00 bits per heavy atom. The highest BCUT2D eigenvalue weighted by Gasteiger charge is 2.26. The minimum Gasteiger partial charge on any atom is -0.478 e. The lowest BCUT2D eigenvalue weighted by Crippen LogP contribution is -2.23. The summed E-state index contributed by atoms with van der Waals surface area (Å²) >= 11 is 0. The van der Waals surface area contributed by atoms with Crippen LogP contribution in [-0.2, 0) is 0 Å². The Hall–Kier alpha value is -1.84. The van der Waals surface area contributed by atoms with Crippen molar-refractivity contribution in [2.45, 2.75) is 40.7 Å². The molecule has 4 nitrogen and oxygen atoms in total. The Morgan fingerprint density at radius 3 is 2.53 bits per heavy atom. The van der Waals surface area contributed by atoms with E-state index in [2.05, 4.69) is 32.7 Å². The van der Waals surface area contributed by atoms with E-state index >= 15 is 0 Å². The Balaban J connectivity index is 2.80. The van der Waals surface area contributed by atoms with Gasteiger partial charge < -0.3 is 9.67 Å². The SMILES string of the molecule is Cc1nc2cccc(C(=O)O)c2n1C(C)C(C)(C)C. The molecule has 0 amide bonds. The lowest BCUT2D eigenvalue weighted by atomic mass is 9.87. The number of carboxylic acids is 1. The molecule has 4 heteroatoms. The quantitative estimate of drug-likeness (QED) is 0.896. The number of carboxylic acid groups (broad SMARTS) is 1. The molecule has 2 rings (SSSR count). The van der Waals surface area contributed by atoms with Gasteiger partial charge in [-0.3, -0.25) is 0 Å². The summed E-state index contributed by atoms with van der Waals surface area (Å²) in [4.78, 5) is 15.9. The molecule has 0 fully saturated rings. The van der Waals surface area contributed by atoms with Crippen LogP contribution < -0.4 is 0 Å². The maximum Gasteiger partial charge on any atom is 0.337 e. The zero-order valence-electron chi connectivity index (χ0n) is 12.1. The summed E-state index contributed by atoms with van der Waals surface area (Å²) in [7, 11) is 0. The molecule has 1 heterocycles. The number of nitrogens with zero attached hydrogens (tertiary/aromatic N) is 2. The smallest absolute Gasteiger partial charge is 0.337 e. The summed E-state index contributed by atoms with van der Waals surface area (Å²) < 4.78 is 2.04. The molecule has 0 saturated heterocycles. The topological polar surface area (TPSA) is 55.1 Å². The highest BCUT2D eigenvalue weighted by molar-refractivity contribution is 6.01. The standard InChI is InChI=1S/C15H20N2O2/c1-9(15(3,4)5)17-10(2)16-12-8-6-7-11(13(12)17)14(18)19/h6-9H,1-5H3,(H,18,19). The van der Waals surface area contributed by atoms with Gasteiger partial charge in [-0.25, -0.2) is 9.78 Å². The second-order valence-corrected chi connectivity index (χ2v) is 6.05. The van der Waals surface area contributed by atoms with Crippen LogP contribution in [0.3, 0.4) is 0 Å². The maximum absolute atomic E-state index is 11.4. The number of rotatable bonds is 2. The molecule has 0 aliphatic heterocycles. The molecule has 2 aromatic rings. The molecule has 102 valence electrons. The van der Waals surface area contributed by atoms with E-state index in [1.807, 2.05) is 17.6 Å². The molecule has 0 bridgehead atoms. The van der Waals surface area contributed by atoms with Gasteiger partial charge in [0, 0.05) is 6.04 Å². The summed E-state index contributed by atoms with van der Waals surface area (Å²) in [5.41, 5.74) is 1.81. The molecular weight excluding hydrogens is 240 g/mol. The van der Waals surface area contributed by atoms with Gasteiger partial charge in [0.25, 0.3) is 0 Å². The van der Waals surface area contributed by atoms with Crippen LogP contribution in [0.15, 0.2) is 18.2 Å². The van der Waals surface area contributed by atoms with Crippen molar-refractivity contribution in [3.63, 3.8) is 0 Å². The first-order valence-corrected chi connectivity index (χ1v) is 6.44. The predicted molar refractivity (Wildman–Crippen MR) is 75.6 cm³/mol. The van der Waals surface area contributed by atoms with Crippen molar-refractivity contribution in [1.82, 2.24) is 9.55 Å². The number of aromatic carboxylic acids is 1. The highest BCUT2D eigenvalue weighted by atomic mass is 16.4. The van der Waals surface area contributed by atoms with Crippen molar-refractivity contribution in [2.75, 3.05) is 0 Å². The molecule has 19 heavy (non-hydrogen) atoms. The van der Waals surface area contributed by atoms with E-state index < -0.39 is 5.97 Å². The van der Waals surface area contributed by atoms with Gasteiger partial charge in [0.05, 0.1) is 16.6 Å². The van der Waals surface area contributed by atoms with E-state index in [1.165, 1.54) is 0 Å². The van der Waals surface area contributed by atoms with Crippen LogP contribution in [0.1, 0.15) is 49.9 Å². The average molecular weight is 260 g/mol. The Kier molecular flexibility index (Phi) is 3.12. The van der Waals surface area contributed by atoms with Crippen molar-refractivity contribution >= 4 is 17.0 Å². The number of hydrogen-bond donors (Lipinski definition) is 1. The molecule has 1 unspecified atom stereocenters. The van der Waals surface area contributed by atoms with Gasteiger partial charge >= 0.3 is 5.97 Å². The summed E-state index contributed by atoms with van der Waals surface area (Å²) in [6.07, 6.45) is 0. The first-order chi connectivity index (χ1) is 8.73. The second kappa shape index (κ2) is 4.37. The molecule has 0 aliphatic carbocycles. The monoisotopic (exact) mass is 260 g/mol. The van der Waals surface area contributed by atoms with Gasteiger partial charge in [-0.05, 0) is 31.4 Å². The van der Waals surface area contributed by atoms with Gasteiger partial charge in [-0.1, -0.05) is 26.8 Å². The Bertz CT molecular complexity index is 635. The molecule has 0 aliphatic rings. The number of aryl methyl sites for hydroxylation is 1. The lowest BCUT2D eigenvalue weighted by Gasteiger charge is -2.30. The van der Waals surface area contributed by atoms with Crippen LogP contribution in [0.4, 0.5) is 0 Å². The van der Waals surface area contributed by atoms with Crippen molar-refractivity contribution in [3.8, 4) is 0 Å². The number of benzene rings is 1. The number of carbonyl (C=O) groups is 1. The fraction of sp³-hybridized carbons (Fsp3) is 0.467. The third-order valence-electron chi connectivity index (χ3n) is 3.76. The van der Waals surface area contributed by atoms with Crippen molar-refractivity contribution in [3.05, 3.63) is 29.6 Å². The molecule has 1 N–H and O–H groups in total. The number of imidazole rings is 1. The van der Waals surface area contributed by atoms with E-state index in [9.17, 15) is 9.90 Å². The van der Waals surface area contributed by atoms with E-state index in [4.69, 9.17) is 0 Å². The third-order valence-corrected chi connectivity index (χ3v) is 3.76. The normalized spacial score (nSPS) is 13.7. The summed E-state index contributed by atoms with van der Waals surface area (Å²) in [6, 6.07) is 5.40. The number of aromatic nitrogens is 2. The summed E-state index contributed by atoms with van der Waals surface area (Å²) in [5.74, 6) is -0.0565. The van der Waals surface area contributed by atoms with Gasteiger partial charge in [0.2, 0.25) is 0 Å². The van der Waals surface area contributed by atoms with Crippen LogP contribution in [0.2, 0.25) is 0 Å². The van der Waals surface area contributed by atoms with Crippen molar-refractivity contribution in [2.24, 2.45) is 5.41 Å². The number of fused-ring (bicyclic) bond motifs is 1. The van der Waals surface area contributed by atoms with Crippen LogP contribution in [-0.4, -0.2) is 20.6 Å². The van der Waals surface area contributed by atoms with Gasteiger partial charge in [-0.15, -0.1) is 0 Å². The van der Waals surface area contributed by atoms with Gasteiger partial charge in [-0.2, -0.15) is 0 Å². The van der Waals surface area contributed by atoms with E-state index in [0.29, 0.717) is 5.56 Å². The largest absolute Gasteiger partial charge is 0.478 e. The summed E-state index contributed by atoms with van der Waals surface area (Å²) in [5, 5.41) is 9.36. The highest BCUT2D eigenvalue weighted by Crippen LogP contribution is 2.34. The van der Waals surface area contributed by atoms with Crippen molar-refractivity contribution in [1.29, 1.82) is 0 Å². The van der Waals surface area contributed by atoms with E-state index in [1.54, 1.807) is 12.1 Å². The molecule has 1 aromatic carbocycles. The fourth-order valence-electron chi connectivity index (χ4n) is 2.30. The molecule has 0 spiro atoms. The van der Waals surface area contributed by atoms with Crippen LogP contribution >= 0.6 is 0 Å². The lowest BCUT2D eigenvalue weighted by molar-refractivity contribution is 0.0698. The van der Waals surface area contributed by atoms with E-state index in [0.717, 1.165) is 16.9 Å². The number of hydrogen-bond acceptors (Lipinski definition) is 2. The average Bonchev–Trinajstić information content (AvgIpc) is 2.61. The van der Waals surface area contributed by atoms with E-state index in [-0.39, 0.29) is 11.5 Å². The fourth-order valence-corrected chi connectivity index (χ4v) is 2.30. The Morgan fingerprint density at radius 1 is 1.37 bits per heavy atom. The first-order valence-electron chi connectivity index (χ1n) is 6.44. The summed E-state index contributed by atoms with van der Waals surface area (Å²) in [6.45, 7) is 10.5. The molecule has 1 aromatic heterocycles. The maximum atomic E-state index is 11.4. The predicted octanol–water partition coefficient (Wildman–Crippen LogP) is 3.65.